The van der Waals surface area contributed by atoms with Crippen LogP contribution in [0, 0.1) is 5.92 Å². The molecule has 0 radical (unpaired) electrons. The van der Waals surface area contributed by atoms with E-state index in [9.17, 15) is 4.79 Å². The SMILES string of the molecule is CC(C)C(=O)NCCN=C(N)Nc1cccc(C(C)C)c1.I. The van der Waals surface area contributed by atoms with E-state index in [4.69, 9.17) is 5.73 Å². The Kier molecular flexibility index (Phi) is 9.80. The summed E-state index contributed by atoms with van der Waals surface area (Å²) in [6.07, 6.45) is 0. The molecule has 0 spiro atoms. The molecule has 1 aromatic rings. The standard InChI is InChI=1S/C16H26N4O.HI/c1-11(2)13-6-5-7-14(10-13)20-16(17)19-9-8-18-15(21)12(3)4;/h5-7,10-12H,8-9H2,1-4H3,(H,18,21)(H3,17,19,20);1H. The van der Waals surface area contributed by atoms with E-state index in [0.29, 0.717) is 25.0 Å². The number of hydrogen-bond acceptors (Lipinski definition) is 2. The van der Waals surface area contributed by atoms with Crippen molar-refractivity contribution in [2.75, 3.05) is 18.4 Å². The monoisotopic (exact) mass is 418 g/mol. The maximum Gasteiger partial charge on any atom is 0.222 e. The van der Waals surface area contributed by atoms with E-state index in [1.165, 1.54) is 5.56 Å². The van der Waals surface area contributed by atoms with E-state index in [-0.39, 0.29) is 35.8 Å². The minimum atomic E-state index is -0.0109. The highest BCUT2D eigenvalue weighted by Crippen LogP contribution is 2.18. The first-order chi connectivity index (χ1) is 9.90. The van der Waals surface area contributed by atoms with Crippen molar-refractivity contribution in [1.82, 2.24) is 5.32 Å². The molecule has 124 valence electrons. The van der Waals surface area contributed by atoms with Gasteiger partial charge >= 0.3 is 0 Å². The van der Waals surface area contributed by atoms with Crippen LogP contribution in [-0.2, 0) is 4.79 Å². The molecule has 0 aliphatic rings. The topological polar surface area (TPSA) is 79.5 Å². The normalized spacial score (nSPS) is 11.3. The Morgan fingerprint density at radius 3 is 2.55 bits per heavy atom. The van der Waals surface area contributed by atoms with Crippen LogP contribution in [0.2, 0.25) is 0 Å². The molecule has 0 saturated carbocycles. The van der Waals surface area contributed by atoms with Crippen LogP contribution in [0.3, 0.4) is 0 Å². The molecular weight excluding hydrogens is 391 g/mol. The van der Waals surface area contributed by atoms with Gasteiger partial charge in [0.05, 0.1) is 6.54 Å². The number of benzene rings is 1. The number of amides is 1. The first kappa shape index (κ1) is 20.7. The zero-order chi connectivity index (χ0) is 15.8. The van der Waals surface area contributed by atoms with Crippen LogP contribution in [0.5, 0.6) is 0 Å². The summed E-state index contributed by atoms with van der Waals surface area (Å²) in [4.78, 5) is 15.6. The summed E-state index contributed by atoms with van der Waals surface area (Å²) in [5.74, 6) is 0.843. The van der Waals surface area contributed by atoms with E-state index < -0.39 is 0 Å². The number of aliphatic imine (C=N–C) groups is 1. The highest BCUT2D eigenvalue weighted by Gasteiger charge is 2.04. The number of carbonyl (C=O) groups is 1. The molecule has 0 aliphatic carbocycles. The van der Waals surface area contributed by atoms with Gasteiger partial charge in [-0.2, -0.15) is 0 Å². The van der Waals surface area contributed by atoms with Gasteiger partial charge in [-0.3, -0.25) is 9.79 Å². The van der Waals surface area contributed by atoms with Crippen molar-refractivity contribution < 1.29 is 4.79 Å². The van der Waals surface area contributed by atoms with Crippen LogP contribution in [0.1, 0.15) is 39.2 Å². The van der Waals surface area contributed by atoms with E-state index >= 15 is 0 Å². The lowest BCUT2D eigenvalue weighted by Gasteiger charge is -2.10. The summed E-state index contributed by atoms with van der Waals surface area (Å²) in [5, 5.41) is 5.86. The molecule has 5 nitrogen and oxygen atoms in total. The molecule has 0 atom stereocenters. The van der Waals surface area contributed by atoms with Crippen molar-refractivity contribution in [1.29, 1.82) is 0 Å². The number of guanidine groups is 1. The van der Waals surface area contributed by atoms with Crippen molar-refractivity contribution in [3.05, 3.63) is 29.8 Å². The fraction of sp³-hybridized carbons (Fsp3) is 0.500. The summed E-state index contributed by atoms with van der Waals surface area (Å²) in [5.41, 5.74) is 8.01. The first-order valence-corrected chi connectivity index (χ1v) is 7.34. The number of nitrogens with zero attached hydrogens (tertiary/aromatic N) is 1. The predicted octanol–water partition coefficient (Wildman–Crippen LogP) is 2.93. The highest BCUT2D eigenvalue weighted by atomic mass is 127. The maximum atomic E-state index is 11.4. The van der Waals surface area contributed by atoms with Gasteiger partial charge in [0.1, 0.15) is 0 Å². The number of hydrogen-bond donors (Lipinski definition) is 3. The van der Waals surface area contributed by atoms with Crippen LogP contribution in [-0.4, -0.2) is 25.0 Å². The zero-order valence-corrected chi connectivity index (χ0v) is 16.0. The third kappa shape index (κ3) is 7.63. The lowest BCUT2D eigenvalue weighted by molar-refractivity contribution is -0.123. The second-order valence-electron chi connectivity index (χ2n) is 5.62. The summed E-state index contributed by atoms with van der Waals surface area (Å²) < 4.78 is 0. The maximum absolute atomic E-state index is 11.4. The Morgan fingerprint density at radius 1 is 1.27 bits per heavy atom. The van der Waals surface area contributed by atoms with Crippen molar-refractivity contribution >= 4 is 41.5 Å². The average molecular weight is 418 g/mol. The number of rotatable bonds is 6. The molecule has 0 aromatic heterocycles. The Balaban J connectivity index is 0.00000441. The second-order valence-corrected chi connectivity index (χ2v) is 5.62. The molecule has 4 N–H and O–H groups in total. The molecule has 1 amide bonds. The third-order valence-corrected chi connectivity index (χ3v) is 3.04. The van der Waals surface area contributed by atoms with Gasteiger partial charge in [0.25, 0.3) is 0 Å². The Labute approximate surface area is 150 Å². The largest absolute Gasteiger partial charge is 0.370 e. The molecule has 0 fully saturated rings. The van der Waals surface area contributed by atoms with E-state index in [1.807, 2.05) is 26.0 Å². The molecule has 22 heavy (non-hydrogen) atoms. The van der Waals surface area contributed by atoms with Crippen molar-refractivity contribution in [3.63, 3.8) is 0 Å². The smallest absolute Gasteiger partial charge is 0.222 e. The third-order valence-electron chi connectivity index (χ3n) is 3.04. The van der Waals surface area contributed by atoms with Crippen molar-refractivity contribution in [3.8, 4) is 0 Å². The molecule has 0 unspecified atom stereocenters. The van der Waals surface area contributed by atoms with Gasteiger partial charge in [-0.1, -0.05) is 39.8 Å². The van der Waals surface area contributed by atoms with Crippen molar-refractivity contribution in [2.45, 2.75) is 33.6 Å². The first-order valence-electron chi connectivity index (χ1n) is 7.34. The number of nitrogens with one attached hydrogen (secondary N) is 2. The second kappa shape index (κ2) is 10.4. The van der Waals surface area contributed by atoms with Crippen LogP contribution in [0.4, 0.5) is 5.69 Å². The lowest BCUT2D eigenvalue weighted by atomic mass is 10.0. The fourth-order valence-electron chi connectivity index (χ4n) is 1.72. The molecule has 0 bridgehead atoms. The minimum Gasteiger partial charge on any atom is -0.370 e. The van der Waals surface area contributed by atoms with Crippen LogP contribution in [0.15, 0.2) is 29.3 Å². The Morgan fingerprint density at radius 2 is 1.95 bits per heavy atom. The average Bonchev–Trinajstić information content (AvgIpc) is 2.43. The van der Waals surface area contributed by atoms with Gasteiger partial charge in [0.2, 0.25) is 5.91 Å². The van der Waals surface area contributed by atoms with Gasteiger partial charge in [0, 0.05) is 18.2 Å². The van der Waals surface area contributed by atoms with E-state index in [0.717, 1.165) is 5.69 Å². The van der Waals surface area contributed by atoms with Crippen LogP contribution >= 0.6 is 24.0 Å². The molecule has 0 aliphatic heterocycles. The molecule has 6 heteroatoms. The van der Waals surface area contributed by atoms with E-state index in [2.05, 4.69) is 41.6 Å². The van der Waals surface area contributed by atoms with Gasteiger partial charge in [-0.25, -0.2) is 0 Å². The number of nitrogens with two attached hydrogens (primary N) is 1. The lowest BCUT2D eigenvalue weighted by Crippen LogP contribution is -2.31. The number of anilines is 1. The van der Waals surface area contributed by atoms with Gasteiger partial charge in [0.15, 0.2) is 5.96 Å². The molecule has 0 saturated heterocycles. The van der Waals surface area contributed by atoms with Crippen LogP contribution < -0.4 is 16.4 Å². The number of carbonyl (C=O) groups excluding carboxylic acids is 1. The van der Waals surface area contributed by atoms with Gasteiger partial charge < -0.3 is 16.4 Å². The van der Waals surface area contributed by atoms with Gasteiger partial charge in [-0.15, -0.1) is 24.0 Å². The number of halogens is 1. The molecule has 1 rings (SSSR count). The Hall–Kier alpha value is -1.31. The predicted molar refractivity (Wildman–Crippen MR) is 104 cm³/mol. The summed E-state index contributed by atoms with van der Waals surface area (Å²) in [6.45, 7) is 8.96. The van der Waals surface area contributed by atoms with Crippen molar-refractivity contribution in [2.24, 2.45) is 16.6 Å². The summed E-state index contributed by atoms with van der Waals surface area (Å²) >= 11 is 0. The van der Waals surface area contributed by atoms with Gasteiger partial charge in [-0.05, 0) is 23.6 Å². The Bertz CT molecular complexity index is 501. The molecule has 0 heterocycles. The van der Waals surface area contributed by atoms with Crippen LogP contribution in [0.25, 0.3) is 0 Å². The highest BCUT2D eigenvalue weighted by molar-refractivity contribution is 14.0. The molecular formula is C16H27IN4O. The fourth-order valence-corrected chi connectivity index (χ4v) is 1.72. The summed E-state index contributed by atoms with van der Waals surface area (Å²) in [6, 6.07) is 8.10. The zero-order valence-electron chi connectivity index (χ0n) is 13.7. The summed E-state index contributed by atoms with van der Waals surface area (Å²) in [7, 11) is 0. The molecule has 1 aromatic carbocycles. The quantitative estimate of drug-likeness (QED) is 0.288. The van der Waals surface area contributed by atoms with E-state index in [1.54, 1.807) is 0 Å². The minimum absolute atomic E-state index is 0.